The Balaban J connectivity index is 1.36. The van der Waals surface area contributed by atoms with Crippen LogP contribution in [0, 0.1) is 5.41 Å². The predicted octanol–water partition coefficient (Wildman–Crippen LogP) is 2.18. The van der Waals surface area contributed by atoms with Crippen molar-refractivity contribution in [2.45, 2.75) is 43.4 Å². The molecule has 1 atom stereocenters. The number of halogens is 2. The number of sulfonamides is 1. The van der Waals surface area contributed by atoms with Gasteiger partial charge in [-0.2, -0.15) is 13.1 Å². The van der Waals surface area contributed by atoms with Crippen LogP contribution >= 0.6 is 0 Å². The zero-order valence-corrected chi connectivity index (χ0v) is 17.8. The summed E-state index contributed by atoms with van der Waals surface area (Å²) >= 11 is 0. The maximum absolute atomic E-state index is 13.0. The highest BCUT2D eigenvalue weighted by Gasteiger charge is 2.51. The van der Waals surface area contributed by atoms with Crippen LogP contribution in [-0.2, 0) is 19.5 Å². The lowest BCUT2D eigenvalue weighted by Crippen LogP contribution is -2.61. The summed E-state index contributed by atoms with van der Waals surface area (Å²) in [5.74, 6) is -0.0717. The summed E-state index contributed by atoms with van der Waals surface area (Å²) < 4.78 is 67.5. The molecule has 1 aromatic carbocycles. The van der Waals surface area contributed by atoms with Crippen molar-refractivity contribution in [3.8, 4) is 5.75 Å². The van der Waals surface area contributed by atoms with Gasteiger partial charge in [0.2, 0.25) is 10.0 Å². The van der Waals surface area contributed by atoms with Gasteiger partial charge in [0.1, 0.15) is 5.75 Å². The minimum atomic E-state index is -3.73. The predicted molar refractivity (Wildman–Crippen MR) is 105 cm³/mol. The van der Waals surface area contributed by atoms with Crippen LogP contribution in [0.3, 0.4) is 0 Å². The fraction of sp³-hybridized carbons (Fsp3) is 0.700. The van der Waals surface area contributed by atoms with Gasteiger partial charge in [-0.1, -0.05) is 6.92 Å². The lowest BCUT2D eigenvalue weighted by atomic mass is 9.63. The number of hydrogen-bond acceptors (Lipinski definition) is 6. The van der Waals surface area contributed by atoms with Crippen LogP contribution in [0.15, 0.2) is 29.2 Å². The number of rotatable bonds is 8. The van der Waals surface area contributed by atoms with Crippen LogP contribution in [0.4, 0.5) is 8.78 Å². The number of morpholine rings is 1. The highest BCUT2D eigenvalue weighted by molar-refractivity contribution is 7.89. The van der Waals surface area contributed by atoms with E-state index in [0.717, 1.165) is 32.6 Å². The second-order valence-electron chi connectivity index (χ2n) is 8.35. The van der Waals surface area contributed by atoms with E-state index in [4.69, 9.17) is 9.47 Å². The SMILES string of the molecule is CCN(C[C@H]1CN(S(=O)(=O)c2ccc(OC(F)F)cc2)CCO1)C1CC2(COC2)C1. The Morgan fingerprint density at radius 2 is 1.97 bits per heavy atom. The van der Waals surface area contributed by atoms with Crippen LogP contribution in [0.5, 0.6) is 5.75 Å². The van der Waals surface area contributed by atoms with Crippen molar-refractivity contribution in [1.82, 2.24) is 9.21 Å². The molecule has 168 valence electrons. The standard InChI is InChI=1S/C20H28F2N2O5S/c1-2-23(15-9-20(10-15)13-27-14-20)11-17-12-24(7-8-28-17)30(25,26)18-5-3-16(4-6-18)29-19(21)22/h3-6,15,17,19H,2,7-14H2,1H3/t17-/m0/s1. The van der Waals surface area contributed by atoms with Crippen molar-refractivity contribution in [1.29, 1.82) is 0 Å². The van der Waals surface area contributed by atoms with E-state index in [1.165, 1.54) is 28.6 Å². The molecule has 2 saturated heterocycles. The van der Waals surface area contributed by atoms with Crippen LogP contribution in [0.2, 0.25) is 0 Å². The molecule has 0 aromatic heterocycles. The fourth-order valence-corrected chi connectivity index (χ4v) is 6.04. The van der Waals surface area contributed by atoms with Crippen LogP contribution in [-0.4, -0.2) is 82.4 Å². The van der Waals surface area contributed by atoms with Crippen LogP contribution < -0.4 is 4.74 Å². The largest absolute Gasteiger partial charge is 0.435 e. The Kier molecular flexibility index (Phi) is 6.32. The number of likely N-dealkylation sites (N-methyl/N-ethyl adjacent to an activating group) is 1. The average molecular weight is 447 g/mol. The summed E-state index contributed by atoms with van der Waals surface area (Å²) in [5.41, 5.74) is 0.376. The third-order valence-corrected chi connectivity index (χ3v) is 8.18. The Labute approximate surface area is 175 Å². The average Bonchev–Trinajstić information content (AvgIpc) is 2.65. The molecule has 30 heavy (non-hydrogen) atoms. The summed E-state index contributed by atoms with van der Waals surface area (Å²) in [7, 11) is -3.73. The van der Waals surface area contributed by atoms with E-state index in [1.54, 1.807) is 0 Å². The molecule has 1 aromatic rings. The summed E-state index contributed by atoms with van der Waals surface area (Å²) in [4.78, 5) is 2.43. The molecule has 3 aliphatic rings. The van der Waals surface area contributed by atoms with Gasteiger partial charge in [0, 0.05) is 31.1 Å². The molecular weight excluding hydrogens is 418 g/mol. The molecule has 0 unspecified atom stereocenters. The van der Waals surface area contributed by atoms with E-state index in [9.17, 15) is 17.2 Å². The van der Waals surface area contributed by atoms with E-state index in [0.29, 0.717) is 24.6 Å². The Bertz CT molecular complexity index is 824. The lowest BCUT2D eigenvalue weighted by Gasteiger charge is -2.56. The maximum atomic E-state index is 13.0. The molecule has 7 nitrogen and oxygen atoms in total. The van der Waals surface area contributed by atoms with E-state index >= 15 is 0 Å². The molecule has 1 spiro atoms. The molecule has 10 heteroatoms. The van der Waals surface area contributed by atoms with Gasteiger partial charge in [-0.15, -0.1) is 0 Å². The van der Waals surface area contributed by atoms with Gasteiger partial charge in [0.05, 0.1) is 30.8 Å². The van der Waals surface area contributed by atoms with Crippen molar-refractivity contribution in [3.63, 3.8) is 0 Å². The molecule has 3 fully saturated rings. The van der Waals surface area contributed by atoms with Crippen molar-refractivity contribution >= 4 is 10.0 Å². The Morgan fingerprint density at radius 3 is 2.53 bits per heavy atom. The van der Waals surface area contributed by atoms with Gasteiger partial charge in [0.25, 0.3) is 0 Å². The third kappa shape index (κ3) is 4.47. The van der Waals surface area contributed by atoms with Crippen molar-refractivity contribution in [3.05, 3.63) is 24.3 Å². The highest BCUT2D eigenvalue weighted by atomic mass is 32.2. The summed E-state index contributed by atoms with van der Waals surface area (Å²) in [6, 6.07) is 5.57. The monoisotopic (exact) mass is 446 g/mol. The van der Waals surface area contributed by atoms with Crippen molar-refractivity contribution < 1.29 is 31.4 Å². The van der Waals surface area contributed by atoms with Gasteiger partial charge in [-0.05, 0) is 43.7 Å². The molecule has 1 saturated carbocycles. The topological polar surface area (TPSA) is 68.3 Å². The molecule has 0 bridgehead atoms. The number of hydrogen-bond donors (Lipinski definition) is 0. The van der Waals surface area contributed by atoms with Gasteiger partial charge >= 0.3 is 6.61 Å². The van der Waals surface area contributed by atoms with Crippen molar-refractivity contribution in [2.75, 3.05) is 46.0 Å². The number of nitrogens with zero attached hydrogens (tertiary/aromatic N) is 2. The molecule has 1 aliphatic carbocycles. The lowest BCUT2D eigenvalue weighted by molar-refractivity contribution is -0.187. The minimum absolute atomic E-state index is 0.0584. The quantitative estimate of drug-likeness (QED) is 0.610. The normalized spacial score (nSPS) is 24.8. The van der Waals surface area contributed by atoms with Gasteiger partial charge in [0.15, 0.2) is 0 Å². The van der Waals surface area contributed by atoms with Crippen LogP contribution in [0.25, 0.3) is 0 Å². The first-order chi connectivity index (χ1) is 14.3. The second-order valence-corrected chi connectivity index (χ2v) is 10.3. The maximum Gasteiger partial charge on any atom is 0.387 e. The second kappa shape index (κ2) is 8.66. The van der Waals surface area contributed by atoms with E-state index in [2.05, 4.69) is 16.6 Å². The minimum Gasteiger partial charge on any atom is -0.435 e. The van der Waals surface area contributed by atoms with Crippen LogP contribution in [0.1, 0.15) is 19.8 Å². The highest BCUT2D eigenvalue weighted by Crippen LogP contribution is 2.49. The molecule has 2 aliphatic heterocycles. The summed E-state index contributed by atoms with van der Waals surface area (Å²) in [6.07, 6.45) is 2.05. The smallest absolute Gasteiger partial charge is 0.387 e. The Hall–Kier alpha value is -1.33. The number of alkyl halides is 2. The van der Waals surface area contributed by atoms with E-state index in [-0.39, 0.29) is 29.8 Å². The van der Waals surface area contributed by atoms with E-state index < -0.39 is 16.6 Å². The van der Waals surface area contributed by atoms with Crippen molar-refractivity contribution in [2.24, 2.45) is 5.41 Å². The third-order valence-electron chi connectivity index (χ3n) is 6.30. The zero-order chi connectivity index (χ0) is 21.4. The molecule has 0 N–H and O–H groups in total. The van der Waals surface area contributed by atoms with Gasteiger partial charge in [-0.25, -0.2) is 8.42 Å². The Morgan fingerprint density at radius 1 is 1.27 bits per heavy atom. The molecular formula is C20H28F2N2O5S. The van der Waals surface area contributed by atoms with Gasteiger partial charge < -0.3 is 14.2 Å². The first-order valence-corrected chi connectivity index (χ1v) is 11.7. The van der Waals surface area contributed by atoms with E-state index in [1.807, 2.05) is 0 Å². The number of benzene rings is 1. The first kappa shape index (κ1) is 21.9. The molecule has 0 radical (unpaired) electrons. The van der Waals surface area contributed by atoms with Gasteiger partial charge in [-0.3, -0.25) is 4.90 Å². The molecule has 4 rings (SSSR count). The zero-order valence-electron chi connectivity index (χ0n) is 17.0. The molecule has 2 heterocycles. The number of ether oxygens (including phenoxy) is 3. The molecule has 0 amide bonds. The summed E-state index contributed by atoms with van der Waals surface area (Å²) in [5, 5.41) is 0. The first-order valence-electron chi connectivity index (χ1n) is 10.3. The summed E-state index contributed by atoms with van der Waals surface area (Å²) in [6.45, 7) is 3.32. The fourth-order valence-electron chi connectivity index (χ4n) is 4.59.